The fourth-order valence-corrected chi connectivity index (χ4v) is 4.23. The van der Waals surface area contributed by atoms with Crippen LogP contribution in [0.4, 0.5) is 5.82 Å². The molecule has 0 amide bonds. The van der Waals surface area contributed by atoms with Crippen molar-refractivity contribution in [1.29, 1.82) is 0 Å². The largest absolute Gasteiger partial charge is 0.264 e. The predicted molar refractivity (Wildman–Crippen MR) is 84.4 cm³/mol. The maximum Gasteiger partial charge on any atom is 0.264 e. The van der Waals surface area contributed by atoms with E-state index < -0.39 is 10.0 Å². The Morgan fingerprint density at radius 3 is 2.55 bits per heavy atom. The van der Waals surface area contributed by atoms with Gasteiger partial charge in [0.2, 0.25) is 0 Å². The minimum Gasteiger partial charge on any atom is -0.262 e. The van der Waals surface area contributed by atoms with Gasteiger partial charge in [0, 0.05) is 8.95 Å². The molecule has 2 rings (SSSR count). The number of sulfonamides is 1. The van der Waals surface area contributed by atoms with E-state index in [2.05, 4.69) is 46.5 Å². The van der Waals surface area contributed by atoms with Gasteiger partial charge in [0.1, 0.15) is 10.0 Å². The highest BCUT2D eigenvalue weighted by atomic mass is 79.9. The topological polar surface area (TPSA) is 72.0 Å². The first-order valence-electron chi connectivity index (χ1n) is 5.25. The molecule has 0 aliphatic heterocycles. The van der Waals surface area contributed by atoms with E-state index in [4.69, 9.17) is 11.6 Å². The minimum absolute atomic E-state index is 0.0566. The molecular formula is C11H8Br2ClN3O2S. The van der Waals surface area contributed by atoms with Crippen LogP contribution in [0.5, 0.6) is 0 Å². The highest BCUT2D eigenvalue weighted by molar-refractivity contribution is 9.11. The third-order valence-corrected chi connectivity index (χ3v) is 5.70. The highest BCUT2D eigenvalue weighted by Gasteiger charge is 2.20. The van der Waals surface area contributed by atoms with Gasteiger partial charge >= 0.3 is 0 Å². The van der Waals surface area contributed by atoms with E-state index in [0.29, 0.717) is 8.95 Å². The van der Waals surface area contributed by atoms with Crippen molar-refractivity contribution >= 4 is 59.3 Å². The number of aromatic nitrogens is 2. The molecule has 1 N–H and O–H groups in total. The second kappa shape index (κ2) is 5.97. The van der Waals surface area contributed by atoms with Crippen LogP contribution in [0.1, 0.15) is 5.56 Å². The lowest BCUT2D eigenvalue weighted by Gasteiger charge is -2.10. The first-order chi connectivity index (χ1) is 9.29. The highest BCUT2D eigenvalue weighted by Crippen LogP contribution is 2.29. The molecule has 0 saturated heterocycles. The van der Waals surface area contributed by atoms with Crippen molar-refractivity contribution < 1.29 is 8.42 Å². The molecule has 0 bridgehead atoms. The van der Waals surface area contributed by atoms with E-state index in [1.807, 2.05) is 6.92 Å². The monoisotopic (exact) mass is 439 g/mol. The van der Waals surface area contributed by atoms with Crippen LogP contribution < -0.4 is 4.72 Å². The third kappa shape index (κ3) is 3.49. The van der Waals surface area contributed by atoms with E-state index in [9.17, 15) is 8.42 Å². The molecule has 20 heavy (non-hydrogen) atoms. The molecule has 1 heterocycles. The second-order valence-corrected chi connectivity index (χ2v) is 7.61. The predicted octanol–water partition coefficient (Wildman–Crippen LogP) is 3.76. The van der Waals surface area contributed by atoms with Crippen LogP contribution in [0.2, 0.25) is 5.15 Å². The Morgan fingerprint density at radius 1 is 1.20 bits per heavy atom. The summed E-state index contributed by atoms with van der Waals surface area (Å²) in [6.45, 7) is 1.86. The Bertz CT molecular complexity index is 768. The lowest BCUT2D eigenvalue weighted by molar-refractivity contribution is 0.600. The average molecular weight is 442 g/mol. The number of aryl methyl sites for hydroxylation is 1. The van der Waals surface area contributed by atoms with Crippen LogP contribution in [0.25, 0.3) is 0 Å². The molecular weight excluding hydrogens is 433 g/mol. The molecule has 5 nitrogen and oxygen atoms in total. The van der Waals surface area contributed by atoms with Crippen molar-refractivity contribution in [1.82, 2.24) is 9.97 Å². The molecule has 9 heteroatoms. The van der Waals surface area contributed by atoms with Crippen molar-refractivity contribution in [3.8, 4) is 0 Å². The van der Waals surface area contributed by atoms with Gasteiger partial charge in [-0.3, -0.25) is 9.71 Å². The standard InChI is InChI=1S/C11H8Br2ClN3O2S/c1-6-2-8(13)9(3-7(6)12)20(18,19)17-11-5-15-4-10(14)16-11/h2-5H,1H3,(H,16,17). The van der Waals surface area contributed by atoms with E-state index >= 15 is 0 Å². The van der Waals surface area contributed by atoms with Gasteiger partial charge in [-0.25, -0.2) is 13.4 Å². The summed E-state index contributed by atoms with van der Waals surface area (Å²) in [6, 6.07) is 3.22. The first-order valence-corrected chi connectivity index (χ1v) is 8.70. The van der Waals surface area contributed by atoms with Gasteiger partial charge in [-0.05, 0) is 40.5 Å². The molecule has 0 spiro atoms. The summed E-state index contributed by atoms with van der Waals surface area (Å²) >= 11 is 12.2. The number of benzene rings is 1. The zero-order valence-corrected chi connectivity index (χ0v) is 14.8. The van der Waals surface area contributed by atoms with Gasteiger partial charge in [-0.2, -0.15) is 0 Å². The number of hydrogen-bond acceptors (Lipinski definition) is 4. The van der Waals surface area contributed by atoms with E-state index in [1.165, 1.54) is 18.5 Å². The number of halogens is 3. The van der Waals surface area contributed by atoms with Crippen LogP contribution in [-0.2, 0) is 10.0 Å². The Balaban J connectivity index is 2.43. The molecule has 1 aromatic carbocycles. The number of anilines is 1. The van der Waals surface area contributed by atoms with E-state index in [-0.39, 0.29) is 15.9 Å². The zero-order chi connectivity index (χ0) is 14.9. The van der Waals surface area contributed by atoms with Gasteiger partial charge in [-0.1, -0.05) is 27.5 Å². The SMILES string of the molecule is Cc1cc(Br)c(S(=O)(=O)Nc2cncc(Cl)n2)cc1Br. The van der Waals surface area contributed by atoms with Gasteiger partial charge < -0.3 is 0 Å². The van der Waals surface area contributed by atoms with Gasteiger partial charge in [-0.15, -0.1) is 0 Å². The average Bonchev–Trinajstić information content (AvgIpc) is 2.33. The molecule has 1 aromatic heterocycles. The number of rotatable bonds is 3. The lowest BCUT2D eigenvalue weighted by atomic mass is 10.2. The summed E-state index contributed by atoms with van der Waals surface area (Å²) in [6.07, 6.45) is 2.60. The number of hydrogen-bond donors (Lipinski definition) is 1. The van der Waals surface area contributed by atoms with E-state index in [1.54, 1.807) is 6.07 Å². The van der Waals surface area contributed by atoms with Crippen LogP contribution in [0.15, 0.2) is 38.4 Å². The van der Waals surface area contributed by atoms with Crippen molar-refractivity contribution in [2.75, 3.05) is 4.72 Å². The van der Waals surface area contributed by atoms with Gasteiger partial charge in [0.05, 0.1) is 12.4 Å². The number of nitrogens with one attached hydrogen (secondary N) is 1. The summed E-state index contributed by atoms with van der Waals surface area (Å²) in [5, 5.41) is 0.106. The van der Waals surface area contributed by atoms with Crippen LogP contribution >= 0.6 is 43.5 Å². The van der Waals surface area contributed by atoms with Crippen molar-refractivity contribution in [3.05, 3.63) is 44.2 Å². The smallest absolute Gasteiger partial charge is 0.262 e. The second-order valence-electron chi connectivity index (χ2n) is 3.86. The molecule has 106 valence electrons. The molecule has 0 radical (unpaired) electrons. The van der Waals surface area contributed by atoms with Crippen molar-refractivity contribution in [2.24, 2.45) is 0 Å². The molecule has 0 aliphatic rings. The third-order valence-electron chi connectivity index (χ3n) is 2.35. The maximum atomic E-state index is 12.3. The fraction of sp³-hybridized carbons (Fsp3) is 0.0909. The Morgan fingerprint density at radius 2 is 1.90 bits per heavy atom. The molecule has 2 aromatic rings. The van der Waals surface area contributed by atoms with E-state index in [0.717, 1.165) is 5.56 Å². The van der Waals surface area contributed by atoms with Crippen molar-refractivity contribution in [2.45, 2.75) is 11.8 Å². The summed E-state index contributed by atoms with van der Waals surface area (Å²) in [7, 11) is -3.79. The molecule has 0 saturated carbocycles. The van der Waals surface area contributed by atoms with Crippen LogP contribution in [0, 0.1) is 6.92 Å². The molecule has 0 aliphatic carbocycles. The summed E-state index contributed by atoms with van der Waals surface area (Å²) in [5.41, 5.74) is 0.915. The Labute approximate surface area is 138 Å². The fourth-order valence-electron chi connectivity index (χ4n) is 1.42. The zero-order valence-electron chi connectivity index (χ0n) is 10.1. The Kier molecular flexibility index (Phi) is 4.68. The normalized spacial score (nSPS) is 11.4. The molecule has 0 fully saturated rings. The van der Waals surface area contributed by atoms with Gasteiger partial charge in [0.25, 0.3) is 10.0 Å². The maximum absolute atomic E-state index is 12.3. The number of nitrogens with zero attached hydrogens (tertiary/aromatic N) is 2. The minimum atomic E-state index is -3.79. The molecule has 0 unspecified atom stereocenters. The molecule has 0 atom stereocenters. The first kappa shape index (κ1) is 15.7. The Hall–Kier alpha value is -0.700. The summed E-state index contributed by atoms with van der Waals surface area (Å²) < 4.78 is 28.1. The summed E-state index contributed by atoms with van der Waals surface area (Å²) in [5.74, 6) is 0.0566. The van der Waals surface area contributed by atoms with Crippen molar-refractivity contribution in [3.63, 3.8) is 0 Å². The lowest BCUT2D eigenvalue weighted by Crippen LogP contribution is -2.15. The van der Waals surface area contributed by atoms with Crippen LogP contribution in [0.3, 0.4) is 0 Å². The van der Waals surface area contributed by atoms with Gasteiger partial charge in [0.15, 0.2) is 5.82 Å². The summed E-state index contributed by atoms with van der Waals surface area (Å²) in [4.78, 5) is 7.71. The quantitative estimate of drug-likeness (QED) is 0.787. The van der Waals surface area contributed by atoms with Crippen LogP contribution in [-0.4, -0.2) is 18.4 Å².